The van der Waals surface area contributed by atoms with Crippen molar-refractivity contribution in [3.05, 3.63) is 40.4 Å². The van der Waals surface area contributed by atoms with Gasteiger partial charge >= 0.3 is 0 Å². The number of pyridine rings is 2. The van der Waals surface area contributed by atoms with Gasteiger partial charge in [-0.2, -0.15) is 10.4 Å². The fourth-order valence-electron chi connectivity index (χ4n) is 5.71. The van der Waals surface area contributed by atoms with Gasteiger partial charge in [-0.25, -0.2) is 4.98 Å². The van der Waals surface area contributed by atoms with E-state index in [0.29, 0.717) is 12.5 Å². The largest absolute Gasteiger partial charge is 0.474 e. The molecule has 0 radical (unpaired) electrons. The Hall–Kier alpha value is -3.58. The number of piperazine rings is 1. The molecule has 2 aliphatic heterocycles. The van der Waals surface area contributed by atoms with Crippen molar-refractivity contribution in [1.82, 2.24) is 24.2 Å². The van der Waals surface area contributed by atoms with E-state index in [1.54, 1.807) is 28.6 Å². The summed E-state index contributed by atoms with van der Waals surface area (Å²) in [6, 6.07) is 8.71. The molecule has 5 heterocycles. The van der Waals surface area contributed by atoms with E-state index >= 15 is 0 Å². The highest BCUT2D eigenvalue weighted by Crippen LogP contribution is 2.36. The van der Waals surface area contributed by atoms with E-state index in [9.17, 15) is 10.1 Å². The van der Waals surface area contributed by atoms with Crippen LogP contribution >= 0.6 is 0 Å². The van der Waals surface area contributed by atoms with Crippen molar-refractivity contribution in [3.63, 3.8) is 0 Å². The van der Waals surface area contributed by atoms with Gasteiger partial charge in [0.05, 0.1) is 41.4 Å². The van der Waals surface area contributed by atoms with Crippen LogP contribution in [0.1, 0.15) is 45.3 Å². The first-order valence-electron chi connectivity index (χ1n) is 13.2. The molecule has 0 N–H and O–H groups in total. The fourth-order valence-corrected chi connectivity index (χ4v) is 5.71. The highest BCUT2D eigenvalue weighted by molar-refractivity contribution is 5.88. The van der Waals surface area contributed by atoms with E-state index in [1.165, 1.54) is 0 Å². The molecule has 0 aliphatic carbocycles. The zero-order valence-corrected chi connectivity index (χ0v) is 22.4. The third kappa shape index (κ3) is 4.42. The summed E-state index contributed by atoms with van der Waals surface area (Å²) in [5.41, 5.74) is 4.36. The van der Waals surface area contributed by atoms with E-state index in [0.717, 1.165) is 60.6 Å². The second-order valence-electron chi connectivity index (χ2n) is 10.1. The van der Waals surface area contributed by atoms with Crippen molar-refractivity contribution >= 4 is 22.4 Å². The number of nitriles is 1. The standard InChI is InChI=1S/C27H36N8O2/c1-6-19-16-35(23-14-25(36)32(5)24-17-33(11-10-28)30-26(23)24)20(7-2)15-34(19)18(3)21-8-9-22-27(29-21)37-13-12-31(22)4/h8-9,14,17-20H,6-7,11-13,15-16H2,1-5H3/t18?,19-,20+/m1/s1. The van der Waals surface area contributed by atoms with Crippen LogP contribution in [-0.4, -0.2) is 69.6 Å². The van der Waals surface area contributed by atoms with Gasteiger partial charge in [-0.15, -0.1) is 0 Å². The Labute approximate surface area is 217 Å². The lowest BCUT2D eigenvalue weighted by atomic mass is 9.98. The van der Waals surface area contributed by atoms with E-state index < -0.39 is 0 Å². The van der Waals surface area contributed by atoms with Crippen LogP contribution < -0.4 is 20.1 Å². The predicted molar refractivity (Wildman–Crippen MR) is 144 cm³/mol. The molecular formula is C27H36N8O2. The van der Waals surface area contributed by atoms with Crippen LogP contribution in [0.3, 0.4) is 0 Å². The maximum Gasteiger partial charge on any atom is 0.252 e. The molecule has 3 aromatic heterocycles. The molecule has 196 valence electrons. The average Bonchev–Trinajstić information content (AvgIpc) is 3.34. The van der Waals surface area contributed by atoms with E-state index in [4.69, 9.17) is 14.8 Å². The minimum atomic E-state index is -0.0686. The Morgan fingerprint density at radius 2 is 1.95 bits per heavy atom. The van der Waals surface area contributed by atoms with Crippen molar-refractivity contribution in [2.75, 3.05) is 43.1 Å². The molecule has 3 atom stereocenters. The van der Waals surface area contributed by atoms with E-state index in [2.05, 4.69) is 60.7 Å². The zero-order valence-electron chi connectivity index (χ0n) is 22.4. The lowest BCUT2D eigenvalue weighted by Crippen LogP contribution is -2.59. The molecule has 10 nitrogen and oxygen atoms in total. The summed E-state index contributed by atoms with van der Waals surface area (Å²) in [7, 11) is 3.83. The first kappa shape index (κ1) is 25.1. The van der Waals surface area contributed by atoms with Crippen molar-refractivity contribution in [1.29, 1.82) is 5.26 Å². The van der Waals surface area contributed by atoms with Gasteiger partial charge in [0.15, 0.2) is 0 Å². The van der Waals surface area contributed by atoms with Crippen LogP contribution in [0.5, 0.6) is 5.88 Å². The molecule has 2 aliphatic rings. The summed E-state index contributed by atoms with van der Waals surface area (Å²) in [5.74, 6) is 0.715. The maximum absolute atomic E-state index is 12.9. The third-order valence-electron chi connectivity index (χ3n) is 8.02. The van der Waals surface area contributed by atoms with Gasteiger partial charge in [-0.1, -0.05) is 13.8 Å². The SMILES string of the molecule is CC[C@H]1CN(C(C)c2ccc3c(n2)OCCN3C)[C@H](CC)CN1c1cc(=O)n(C)c2cn(CC#N)nc12. The molecule has 1 fully saturated rings. The number of nitrogens with zero attached hydrogens (tertiary/aromatic N) is 8. The maximum atomic E-state index is 12.9. The number of rotatable bonds is 6. The lowest BCUT2D eigenvalue weighted by molar-refractivity contribution is 0.0987. The normalized spacial score (nSPS) is 21.0. The smallest absolute Gasteiger partial charge is 0.252 e. The quantitative estimate of drug-likeness (QED) is 0.506. The van der Waals surface area contributed by atoms with Gasteiger partial charge in [0.25, 0.3) is 5.56 Å². The monoisotopic (exact) mass is 504 g/mol. The summed E-state index contributed by atoms with van der Waals surface area (Å²) in [4.78, 5) is 24.9. The molecule has 0 spiro atoms. The highest BCUT2D eigenvalue weighted by atomic mass is 16.5. The predicted octanol–water partition coefficient (Wildman–Crippen LogP) is 2.92. The van der Waals surface area contributed by atoms with Crippen LogP contribution in [0.25, 0.3) is 11.0 Å². The summed E-state index contributed by atoms with van der Waals surface area (Å²) < 4.78 is 9.11. The first-order valence-corrected chi connectivity index (χ1v) is 13.2. The summed E-state index contributed by atoms with van der Waals surface area (Å²) >= 11 is 0. The number of fused-ring (bicyclic) bond motifs is 2. The Balaban J connectivity index is 1.48. The van der Waals surface area contributed by atoms with Crippen LogP contribution in [0.15, 0.2) is 29.2 Å². The van der Waals surface area contributed by atoms with Gasteiger partial charge < -0.3 is 19.1 Å². The number of aromatic nitrogens is 4. The number of anilines is 2. The topological polar surface area (TPSA) is 95.5 Å². The summed E-state index contributed by atoms with van der Waals surface area (Å²) in [5, 5.41) is 13.9. The number of aryl methyl sites for hydroxylation is 1. The van der Waals surface area contributed by atoms with Crippen molar-refractivity contribution in [3.8, 4) is 11.9 Å². The number of hydrogen-bond acceptors (Lipinski definition) is 8. The number of ether oxygens (including phenoxy) is 1. The van der Waals surface area contributed by atoms with E-state index in [1.807, 2.05) is 0 Å². The third-order valence-corrected chi connectivity index (χ3v) is 8.02. The van der Waals surface area contributed by atoms with Crippen molar-refractivity contribution < 1.29 is 4.74 Å². The molecule has 37 heavy (non-hydrogen) atoms. The fraction of sp³-hybridized carbons (Fsp3) is 0.556. The minimum absolute atomic E-state index is 0.0686. The van der Waals surface area contributed by atoms with Gasteiger partial charge in [-0.3, -0.25) is 14.4 Å². The van der Waals surface area contributed by atoms with Crippen LogP contribution in [-0.2, 0) is 13.6 Å². The van der Waals surface area contributed by atoms with Crippen molar-refractivity contribution in [2.45, 2.75) is 58.3 Å². The van der Waals surface area contributed by atoms with Crippen LogP contribution in [0, 0.1) is 11.3 Å². The summed E-state index contributed by atoms with van der Waals surface area (Å²) in [6.45, 7) is 9.95. The van der Waals surface area contributed by atoms with Gasteiger partial charge in [0, 0.05) is 51.4 Å². The Morgan fingerprint density at radius 1 is 1.16 bits per heavy atom. The van der Waals surface area contributed by atoms with Crippen molar-refractivity contribution in [2.24, 2.45) is 7.05 Å². The molecule has 0 aromatic carbocycles. The van der Waals surface area contributed by atoms with Gasteiger partial charge in [0.1, 0.15) is 18.7 Å². The summed E-state index contributed by atoms with van der Waals surface area (Å²) in [6.07, 6.45) is 3.69. The van der Waals surface area contributed by atoms with Gasteiger partial charge in [0.2, 0.25) is 5.88 Å². The second-order valence-corrected chi connectivity index (χ2v) is 10.1. The Bertz CT molecular complexity index is 1390. The minimum Gasteiger partial charge on any atom is -0.474 e. The molecule has 0 saturated carbocycles. The second kappa shape index (κ2) is 10.1. The lowest BCUT2D eigenvalue weighted by Gasteiger charge is -2.49. The molecular weight excluding hydrogens is 468 g/mol. The van der Waals surface area contributed by atoms with Crippen LogP contribution in [0.4, 0.5) is 11.4 Å². The zero-order chi connectivity index (χ0) is 26.3. The molecule has 1 unspecified atom stereocenters. The average molecular weight is 505 g/mol. The number of hydrogen-bond donors (Lipinski definition) is 0. The number of likely N-dealkylation sites (N-methyl/N-ethyl adjacent to an activating group) is 1. The first-order chi connectivity index (χ1) is 17.9. The highest BCUT2D eigenvalue weighted by Gasteiger charge is 2.37. The molecule has 3 aromatic rings. The Morgan fingerprint density at radius 3 is 2.68 bits per heavy atom. The van der Waals surface area contributed by atoms with Crippen LogP contribution in [0.2, 0.25) is 0 Å². The molecule has 0 bridgehead atoms. The van der Waals surface area contributed by atoms with E-state index in [-0.39, 0.29) is 30.2 Å². The van der Waals surface area contributed by atoms with Gasteiger partial charge in [-0.05, 0) is 31.9 Å². The molecule has 5 rings (SSSR count). The Kier molecular flexibility index (Phi) is 6.82. The molecule has 1 saturated heterocycles. The molecule has 0 amide bonds. The molecule has 10 heteroatoms.